The zero-order valence-electron chi connectivity index (χ0n) is 23.0. The highest BCUT2D eigenvalue weighted by molar-refractivity contribution is 7.87. The van der Waals surface area contributed by atoms with Gasteiger partial charge in [-0.2, -0.15) is 0 Å². The number of nitrogens with one attached hydrogen (secondary N) is 1. The lowest BCUT2D eigenvalue weighted by molar-refractivity contribution is 0.290. The van der Waals surface area contributed by atoms with Crippen LogP contribution in [0.2, 0.25) is 0 Å². The largest absolute Gasteiger partial charge is 0.497 e. The molecule has 0 aliphatic rings. The average molecular weight is 523 g/mol. The van der Waals surface area contributed by atoms with Crippen LogP contribution in [-0.2, 0) is 6.42 Å². The molecular weight excluding hydrogens is 483 g/mol. The van der Waals surface area contributed by atoms with Crippen LogP contribution >= 0.6 is 7.05 Å². The molecule has 0 saturated heterocycles. The van der Waals surface area contributed by atoms with Crippen molar-refractivity contribution in [1.29, 1.82) is 0 Å². The number of hydrogen-bond acceptors (Lipinski definition) is 3. The van der Waals surface area contributed by atoms with Crippen molar-refractivity contribution in [2.75, 3.05) is 13.7 Å². The monoisotopic (exact) mass is 522 g/mol. The first-order chi connectivity index (χ1) is 18.3. The van der Waals surface area contributed by atoms with Crippen LogP contribution in [0, 0.1) is 5.41 Å². The summed E-state index contributed by atoms with van der Waals surface area (Å²) in [5, 5.41) is 7.56. The molecule has 0 aliphatic carbocycles. The van der Waals surface area contributed by atoms with E-state index in [2.05, 4.69) is 136 Å². The smallest absolute Gasteiger partial charge is 0.118 e. The number of methoxy groups -OCH3 is 1. The van der Waals surface area contributed by atoms with Crippen LogP contribution in [0.5, 0.6) is 5.75 Å². The van der Waals surface area contributed by atoms with Gasteiger partial charge in [-0.05, 0) is 23.1 Å². The summed E-state index contributed by atoms with van der Waals surface area (Å²) in [6.45, 7) is 11.9. The summed E-state index contributed by atoms with van der Waals surface area (Å²) in [6, 6.07) is 40.7. The van der Waals surface area contributed by atoms with Crippen LogP contribution in [0.1, 0.15) is 26.3 Å². The van der Waals surface area contributed by atoms with Crippen molar-refractivity contribution in [2.24, 2.45) is 10.2 Å². The molecule has 0 bridgehead atoms. The van der Waals surface area contributed by atoms with Gasteiger partial charge in [-0.3, -0.25) is 4.74 Å². The summed E-state index contributed by atoms with van der Waals surface area (Å²) in [5.74, 6) is 0.863. The van der Waals surface area contributed by atoms with Gasteiger partial charge >= 0.3 is 0 Å². The molecule has 4 aromatic rings. The average Bonchev–Trinajstić information content (AvgIpc) is 2.94. The maximum absolute atomic E-state index is 5.71. The molecule has 38 heavy (non-hydrogen) atoms. The van der Waals surface area contributed by atoms with E-state index in [-0.39, 0.29) is 11.5 Å². The van der Waals surface area contributed by atoms with Crippen LogP contribution < -0.4 is 26.0 Å². The summed E-state index contributed by atoms with van der Waals surface area (Å²) < 4.78 is 11.0. The summed E-state index contributed by atoms with van der Waals surface area (Å²) >= 11 is 0. The topological polar surface area (TPSA) is 33.6 Å². The molecule has 0 aromatic heterocycles. The molecule has 4 aromatic carbocycles. The highest BCUT2D eigenvalue weighted by atomic mass is 31.2. The van der Waals surface area contributed by atoms with Gasteiger partial charge in [-0.1, -0.05) is 130 Å². The summed E-state index contributed by atoms with van der Waals surface area (Å²) in [5.41, 5.74) is 2.17. The zero-order chi connectivity index (χ0) is 27.0. The molecule has 196 valence electrons. The van der Waals surface area contributed by atoms with Crippen LogP contribution in [-0.4, -0.2) is 19.7 Å². The normalized spacial score (nSPS) is 12.4. The minimum Gasteiger partial charge on any atom is -0.497 e. The molecule has 0 aliphatic heterocycles. The van der Waals surface area contributed by atoms with E-state index in [9.17, 15) is 0 Å². The maximum atomic E-state index is 5.71. The van der Waals surface area contributed by atoms with E-state index in [1.54, 1.807) is 7.11 Å². The highest BCUT2D eigenvalue weighted by Crippen LogP contribution is 2.46. The second-order valence-corrected chi connectivity index (χ2v) is 13.8. The van der Waals surface area contributed by atoms with Crippen LogP contribution in [0.4, 0.5) is 0 Å². The molecule has 3 nitrogen and oxygen atoms in total. The Hall–Kier alpha value is -3.55. The first-order valence-corrected chi connectivity index (χ1v) is 14.9. The summed E-state index contributed by atoms with van der Waals surface area (Å²) in [4.78, 5) is 0. The molecule has 0 spiro atoms. The van der Waals surface area contributed by atoms with Gasteiger partial charge in [0.1, 0.15) is 5.75 Å². The van der Waals surface area contributed by atoms with E-state index in [0.717, 1.165) is 17.9 Å². The SMILES string of the molecule is C=C(Cc1ccc(OC)cc1)N[C@@H](CN=P(c1ccccc1)(c1ccccc1)c1ccccc1)C(C)(C)C. The van der Waals surface area contributed by atoms with E-state index < -0.39 is 7.05 Å². The molecular formula is C34H39N2OP. The first-order valence-electron chi connectivity index (χ1n) is 13.1. The molecule has 0 unspecified atom stereocenters. The fourth-order valence-corrected chi connectivity index (χ4v) is 8.25. The second kappa shape index (κ2) is 12.3. The molecule has 0 heterocycles. The summed E-state index contributed by atoms with van der Waals surface area (Å²) in [6.07, 6.45) is 0.757. The predicted octanol–water partition coefficient (Wildman–Crippen LogP) is 6.93. The van der Waals surface area contributed by atoms with Gasteiger partial charge in [0.15, 0.2) is 0 Å². The lowest BCUT2D eigenvalue weighted by atomic mass is 9.86. The Bertz CT molecular complexity index is 1260. The van der Waals surface area contributed by atoms with Crippen molar-refractivity contribution in [2.45, 2.75) is 33.2 Å². The molecule has 0 radical (unpaired) electrons. The van der Waals surface area contributed by atoms with Gasteiger partial charge in [-0.25, -0.2) is 0 Å². The number of ether oxygens (including phenoxy) is 1. The van der Waals surface area contributed by atoms with Crippen molar-refractivity contribution in [1.82, 2.24) is 5.32 Å². The molecule has 1 atom stereocenters. The lowest BCUT2D eigenvalue weighted by Crippen LogP contribution is -2.42. The minimum atomic E-state index is -2.25. The predicted molar refractivity (Wildman–Crippen MR) is 165 cm³/mol. The number of nitrogens with zero attached hydrogens (tertiary/aromatic N) is 1. The van der Waals surface area contributed by atoms with Crippen molar-refractivity contribution in [3.8, 4) is 5.75 Å². The third kappa shape index (κ3) is 6.47. The van der Waals surface area contributed by atoms with Crippen LogP contribution in [0.3, 0.4) is 0 Å². The Balaban J connectivity index is 1.74. The Morgan fingerprint density at radius 3 is 1.61 bits per heavy atom. The van der Waals surface area contributed by atoms with Gasteiger partial charge < -0.3 is 10.1 Å². The quantitative estimate of drug-likeness (QED) is 0.229. The van der Waals surface area contributed by atoms with Crippen molar-refractivity contribution < 1.29 is 4.74 Å². The van der Waals surface area contributed by atoms with E-state index in [1.165, 1.54) is 21.5 Å². The van der Waals surface area contributed by atoms with E-state index >= 15 is 0 Å². The molecule has 1 N–H and O–H groups in total. The Kier molecular flexibility index (Phi) is 8.92. The third-order valence-corrected chi connectivity index (χ3v) is 10.6. The second-order valence-electron chi connectivity index (χ2n) is 10.7. The minimum absolute atomic E-state index is 0.0218. The number of rotatable bonds is 10. The van der Waals surface area contributed by atoms with Crippen molar-refractivity contribution in [3.05, 3.63) is 133 Å². The first kappa shape index (κ1) is 27.5. The maximum Gasteiger partial charge on any atom is 0.118 e. The molecule has 0 saturated carbocycles. The Morgan fingerprint density at radius 2 is 1.21 bits per heavy atom. The fraction of sp³-hybridized carbons (Fsp3) is 0.235. The van der Waals surface area contributed by atoms with Gasteiger partial charge in [0.25, 0.3) is 0 Å². The highest BCUT2D eigenvalue weighted by Gasteiger charge is 2.30. The number of hydrogen-bond donors (Lipinski definition) is 1. The van der Waals surface area contributed by atoms with Crippen LogP contribution in [0.15, 0.2) is 132 Å². The molecule has 4 heteroatoms. The zero-order valence-corrected chi connectivity index (χ0v) is 23.9. The fourth-order valence-electron chi connectivity index (χ4n) is 4.65. The third-order valence-electron chi connectivity index (χ3n) is 6.87. The van der Waals surface area contributed by atoms with Gasteiger partial charge in [0, 0.05) is 28.0 Å². The van der Waals surface area contributed by atoms with E-state index in [4.69, 9.17) is 9.48 Å². The van der Waals surface area contributed by atoms with Crippen LogP contribution in [0.25, 0.3) is 0 Å². The molecule has 0 amide bonds. The Morgan fingerprint density at radius 1 is 0.763 bits per heavy atom. The van der Waals surface area contributed by atoms with Gasteiger partial charge in [0.05, 0.1) is 26.8 Å². The number of benzene rings is 4. The summed E-state index contributed by atoms with van der Waals surface area (Å²) in [7, 11) is -0.564. The Labute approximate surface area is 228 Å². The molecule has 4 rings (SSSR count). The lowest BCUT2D eigenvalue weighted by Gasteiger charge is -2.34. The molecule has 0 fully saturated rings. The standard InChI is InChI=1S/C34H39N2OP/c1-27(25-28-21-23-29(37-5)24-22-28)36-33(34(2,3)4)26-35-38(30-15-9-6-10-16-30,31-17-11-7-12-18-31)32-19-13-8-14-20-32/h6-24,33,36H,1,25-26H2,2-5H3/t33-/m0/s1. The van der Waals surface area contributed by atoms with Gasteiger partial charge in [0.2, 0.25) is 0 Å². The van der Waals surface area contributed by atoms with Crippen molar-refractivity contribution >= 4 is 23.0 Å². The van der Waals surface area contributed by atoms with E-state index in [0.29, 0.717) is 6.54 Å². The van der Waals surface area contributed by atoms with E-state index in [1.807, 2.05) is 12.1 Å². The van der Waals surface area contributed by atoms with Gasteiger partial charge in [-0.15, -0.1) is 0 Å². The van der Waals surface area contributed by atoms with Crippen molar-refractivity contribution in [3.63, 3.8) is 0 Å². The number of allylic oxidation sites excluding steroid dienone is 1.